The predicted molar refractivity (Wildman–Crippen MR) is 54.7 cm³/mol. The van der Waals surface area contributed by atoms with E-state index in [4.69, 9.17) is 5.11 Å². The molecular formula is C7H7BrN2O3S. The zero-order valence-corrected chi connectivity index (χ0v) is 9.58. The van der Waals surface area contributed by atoms with E-state index in [0.29, 0.717) is 4.60 Å². The zero-order valence-electron chi connectivity index (χ0n) is 7.18. The number of rotatable bonds is 1. The van der Waals surface area contributed by atoms with Gasteiger partial charge in [-0.05, 0) is 28.1 Å². The van der Waals surface area contributed by atoms with E-state index in [9.17, 15) is 9.00 Å². The molecule has 0 bridgehead atoms. The van der Waals surface area contributed by atoms with Crippen molar-refractivity contribution in [2.75, 3.05) is 6.26 Å². The number of amides is 1. The zero-order chi connectivity index (χ0) is 10.8. The Kier molecular flexibility index (Phi) is 3.22. The Hall–Kier alpha value is -0.950. The van der Waals surface area contributed by atoms with E-state index < -0.39 is 15.8 Å². The van der Waals surface area contributed by atoms with Gasteiger partial charge in [0.15, 0.2) is 0 Å². The van der Waals surface area contributed by atoms with Crippen LogP contribution in [0.25, 0.3) is 0 Å². The van der Waals surface area contributed by atoms with Gasteiger partial charge in [-0.25, -0.2) is 14.0 Å². The molecule has 0 spiro atoms. The van der Waals surface area contributed by atoms with Crippen LogP contribution in [0, 0.1) is 0 Å². The third-order valence-electron chi connectivity index (χ3n) is 1.33. The number of aromatic nitrogens is 1. The first-order chi connectivity index (χ1) is 6.42. The van der Waals surface area contributed by atoms with Crippen molar-refractivity contribution in [3.8, 4) is 0 Å². The maximum atomic E-state index is 11.7. The van der Waals surface area contributed by atoms with Crippen LogP contribution in [0.1, 0.15) is 0 Å². The summed E-state index contributed by atoms with van der Waals surface area (Å²) in [5, 5.41) is 8.54. The average Bonchev–Trinajstić information content (AvgIpc) is 2.01. The lowest BCUT2D eigenvalue weighted by Gasteiger charge is -2.01. The van der Waals surface area contributed by atoms with Crippen LogP contribution >= 0.6 is 15.9 Å². The normalized spacial score (nSPS) is 14.4. The molecule has 1 amide bonds. The van der Waals surface area contributed by atoms with Gasteiger partial charge in [-0.2, -0.15) is 0 Å². The molecule has 0 aromatic carbocycles. The smallest absolute Gasteiger partial charge is 0.439 e. The van der Waals surface area contributed by atoms with E-state index >= 15 is 0 Å². The Labute approximate surface area is 89.5 Å². The van der Waals surface area contributed by atoms with Gasteiger partial charge in [0.05, 0.1) is 0 Å². The minimum Gasteiger partial charge on any atom is -0.463 e. The van der Waals surface area contributed by atoms with Crippen LogP contribution in [0.3, 0.4) is 0 Å². The lowest BCUT2D eigenvalue weighted by atomic mass is 10.5. The Morgan fingerprint density at radius 2 is 2.29 bits per heavy atom. The van der Waals surface area contributed by atoms with E-state index in [1.165, 1.54) is 12.3 Å². The molecule has 1 rings (SSSR count). The van der Waals surface area contributed by atoms with Crippen LogP contribution in [-0.2, 0) is 9.73 Å². The summed E-state index contributed by atoms with van der Waals surface area (Å²) in [6, 6.07) is 4.74. The van der Waals surface area contributed by atoms with Gasteiger partial charge in [0.25, 0.3) is 0 Å². The van der Waals surface area contributed by atoms with Gasteiger partial charge >= 0.3 is 6.09 Å². The summed E-state index contributed by atoms with van der Waals surface area (Å²) in [6.45, 7) is 0. The molecule has 0 radical (unpaired) electrons. The Morgan fingerprint density at radius 3 is 2.79 bits per heavy atom. The van der Waals surface area contributed by atoms with Crippen molar-refractivity contribution in [1.29, 1.82) is 0 Å². The molecule has 1 unspecified atom stereocenters. The highest BCUT2D eigenvalue weighted by molar-refractivity contribution is 9.10. The second-order valence-electron chi connectivity index (χ2n) is 2.47. The van der Waals surface area contributed by atoms with E-state index in [0.717, 1.165) is 0 Å². The van der Waals surface area contributed by atoms with E-state index in [2.05, 4.69) is 25.3 Å². The van der Waals surface area contributed by atoms with Gasteiger partial charge in [0, 0.05) is 6.26 Å². The van der Waals surface area contributed by atoms with Crippen LogP contribution in [0.5, 0.6) is 0 Å². The molecule has 0 fully saturated rings. The monoisotopic (exact) mass is 278 g/mol. The fourth-order valence-electron chi connectivity index (χ4n) is 0.796. The van der Waals surface area contributed by atoms with Crippen molar-refractivity contribution in [2.45, 2.75) is 5.03 Å². The van der Waals surface area contributed by atoms with Crippen LogP contribution in [0.2, 0.25) is 0 Å². The van der Waals surface area contributed by atoms with E-state index in [1.807, 2.05) is 0 Å². The number of hydrogen-bond donors (Lipinski definition) is 1. The predicted octanol–water partition coefficient (Wildman–Crippen LogP) is 1.98. The molecule has 1 heterocycles. The summed E-state index contributed by atoms with van der Waals surface area (Å²) in [5.41, 5.74) is 0. The first-order valence-electron chi connectivity index (χ1n) is 3.49. The molecule has 1 atom stereocenters. The average molecular weight is 279 g/mol. The van der Waals surface area contributed by atoms with Crippen LogP contribution in [-0.4, -0.2) is 26.6 Å². The molecular weight excluding hydrogens is 272 g/mol. The van der Waals surface area contributed by atoms with Crippen LogP contribution < -0.4 is 0 Å². The van der Waals surface area contributed by atoms with E-state index in [-0.39, 0.29) is 5.03 Å². The fourth-order valence-corrected chi connectivity index (χ4v) is 2.25. The molecule has 0 saturated carbocycles. The van der Waals surface area contributed by atoms with Crippen molar-refractivity contribution in [3.63, 3.8) is 0 Å². The standard InChI is InChI=1S/C7H7BrN2O3S/c1-14(13,10-7(11)12)6-4-2-3-5(8)9-6/h2-4H,1H3,(H,11,12). The minimum absolute atomic E-state index is 0.147. The molecule has 1 aromatic rings. The molecule has 76 valence electrons. The summed E-state index contributed by atoms with van der Waals surface area (Å²) in [6.07, 6.45) is -0.227. The van der Waals surface area contributed by atoms with Crippen molar-refractivity contribution in [3.05, 3.63) is 22.8 Å². The first kappa shape index (κ1) is 11.1. The Bertz CT molecular complexity index is 480. The second-order valence-corrected chi connectivity index (χ2v) is 5.49. The third-order valence-corrected chi connectivity index (χ3v) is 3.28. The fraction of sp³-hybridized carbons (Fsp3) is 0.143. The maximum Gasteiger partial charge on any atom is 0.439 e. The minimum atomic E-state index is -2.95. The molecule has 0 aliphatic heterocycles. The number of carboxylic acid groups (broad SMARTS) is 1. The number of carbonyl (C=O) groups is 1. The summed E-state index contributed by atoms with van der Waals surface area (Å²) in [4.78, 5) is 14.2. The Balaban J connectivity index is 3.30. The lowest BCUT2D eigenvalue weighted by Crippen LogP contribution is -2.03. The van der Waals surface area contributed by atoms with Crippen molar-refractivity contribution in [1.82, 2.24) is 4.98 Å². The van der Waals surface area contributed by atoms with Crippen molar-refractivity contribution in [2.24, 2.45) is 4.36 Å². The lowest BCUT2D eigenvalue weighted by molar-refractivity contribution is 0.206. The van der Waals surface area contributed by atoms with Crippen LogP contribution in [0.15, 0.2) is 32.2 Å². The number of hydrogen-bond acceptors (Lipinski definition) is 3. The number of nitrogens with zero attached hydrogens (tertiary/aromatic N) is 2. The van der Waals surface area contributed by atoms with Gasteiger partial charge in [-0.15, -0.1) is 4.36 Å². The quantitative estimate of drug-likeness (QED) is 0.797. The molecule has 0 aliphatic rings. The molecule has 7 heteroatoms. The molecule has 1 aromatic heterocycles. The topological polar surface area (TPSA) is 79.6 Å². The Morgan fingerprint density at radius 1 is 1.64 bits per heavy atom. The summed E-state index contributed by atoms with van der Waals surface area (Å²) >= 11 is 3.10. The first-order valence-corrected chi connectivity index (χ1v) is 6.21. The maximum absolute atomic E-state index is 11.7. The molecule has 14 heavy (non-hydrogen) atoms. The van der Waals surface area contributed by atoms with Gasteiger partial charge in [0.1, 0.15) is 19.4 Å². The van der Waals surface area contributed by atoms with Crippen LogP contribution in [0.4, 0.5) is 4.79 Å². The largest absolute Gasteiger partial charge is 0.463 e. The number of halogens is 1. The molecule has 0 aliphatic carbocycles. The van der Waals surface area contributed by atoms with Gasteiger partial charge < -0.3 is 5.11 Å². The summed E-state index contributed by atoms with van der Waals surface area (Å²) in [7, 11) is -2.95. The van der Waals surface area contributed by atoms with Crippen molar-refractivity contribution < 1.29 is 14.1 Å². The summed E-state index contributed by atoms with van der Waals surface area (Å²) in [5.74, 6) is 0. The molecule has 1 N–H and O–H groups in total. The third kappa shape index (κ3) is 2.78. The molecule has 0 saturated heterocycles. The highest BCUT2D eigenvalue weighted by atomic mass is 79.9. The highest BCUT2D eigenvalue weighted by Gasteiger charge is 2.09. The highest BCUT2D eigenvalue weighted by Crippen LogP contribution is 2.12. The number of pyridine rings is 1. The van der Waals surface area contributed by atoms with E-state index in [1.54, 1.807) is 12.1 Å². The summed E-state index contributed by atoms with van der Waals surface area (Å²) < 4.78 is 15.3. The van der Waals surface area contributed by atoms with Gasteiger partial charge in [-0.1, -0.05) is 6.07 Å². The van der Waals surface area contributed by atoms with Gasteiger partial charge in [-0.3, -0.25) is 0 Å². The SMILES string of the molecule is CS(=O)(=NC(=O)O)c1cccc(Br)n1. The van der Waals surface area contributed by atoms with Gasteiger partial charge in [0.2, 0.25) is 0 Å². The second kappa shape index (κ2) is 4.05. The van der Waals surface area contributed by atoms with Crippen molar-refractivity contribution >= 4 is 31.8 Å². The molecule has 5 nitrogen and oxygen atoms in total.